The average Bonchev–Trinajstić information content (AvgIpc) is 3.54. The van der Waals surface area contributed by atoms with Crippen LogP contribution >= 0.6 is 11.3 Å². The Balaban J connectivity index is 0.00000336. The summed E-state index contributed by atoms with van der Waals surface area (Å²) in [6.45, 7) is 3.79. The number of para-hydroxylation sites is 1. The first-order chi connectivity index (χ1) is 17.6. The molecule has 0 radical (unpaired) electrons. The van der Waals surface area contributed by atoms with Gasteiger partial charge in [0.1, 0.15) is 17.9 Å². The molecule has 0 spiro atoms. The van der Waals surface area contributed by atoms with Gasteiger partial charge >= 0.3 is 0 Å². The van der Waals surface area contributed by atoms with Crippen molar-refractivity contribution in [2.24, 2.45) is 0 Å². The Labute approximate surface area is 218 Å². The zero-order valence-electron chi connectivity index (χ0n) is 20.1. The van der Waals surface area contributed by atoms with Crippen LogP contribution in [0.4, 0.5) is 15.2 Å². The minimum Gasteiger partial charge on any atom is -0.330 e. The fourth-order valence-corrected chi connectivity index (χ4v) is 6.27. The number of sulfonamides is 1. The van der Waals surface area contributed by atoms with Crippen molar-refractivity contribution >= 4 is 54.9 Å². The summed E-state index contributed by atoms with van der Waals surface area (Å²) < 4.78 is 43.7. The Morgan fingerprint density at radius 3 is 2.57 bits per heavy atom. The van der Waals surface area contributed by atoms with Crippen molar-refractivity contribution in [2.45, 2.75) is 24.3 Å². The summed E-state index contributed by atoms with van der Waals surface area (Å²) in [5.41, 5.74) is -0.249. The van der Waals surface area contributed by atoms with E-state index in [2.05, 4.69) is 9.71 Å². The van der Waals surface area contributed by atoms with Gasteiger partial charge in [-0.2, -0.15) is 0 Å². The highest BCUT2D eigenvalue weighted by Gasteiger charge is 2.38. The second-order valence-corrected chi connectivity index (χ2v) is 11.7. The molecule has 194 valence electrons. The summed E-state index contributed by atoms with van der Waals surface area (Å²) in [4.78, 5) is 33.5. The Morgan fingerprint density at radius 1 is 1.14 bits per heavy atom. The summed E-state index contributed by atoms with van der Waals surface area (Å²) in [6, 6.07) is 12.5. The van der Waals surface area contributed by atoms with Gasteiger partial charge in [0.15, 0.2) is 5.13 Å². The number of hydrogen-bond donors (Lipinski definition) is 1. The number of piperazine rings is 1. The number of carbonyl (C=O) groups excluding carboxylic acids is 2. The highest BCUT2D eigenvalue weighted by atomic mass is 32.2. The molecule has 2 aromatic heterocycles. The maximum atomic E-state index is 14.6. The summed E-state index contributed by atoms with van der Waals surface area (Å²) in [5, 5.41) is 2.62. The number of rotatable bonds is 6. The van der Waals surface area contributed by atoms with Crippen LogP contribution in [-0.2, 0) is 25.2 Å². The van der Waals surface area contributed by atoms with Crippen LogP contribution in [-0.4, -0.2) is 54.3 Å². The van der Waals surface area contributed by atoms with Gasteiger partial charge in [-0.05, 0) is 50.2 Å². The molecule has 0 saturated carbocycles. The van der Waals surface area contributed by atoms with Crippen LogP contribution in [0, 0.1) is 5.82 Å². The zero-order chi connectivity index (χ0) is 26.4. The van der Waals surface area contributed by atoms with E-state index in [1.54, 1.807) is 60.3 Å². The lowest BCUT2D eigenvalue weighted by Crippen LogP contribution is -2.57. The number of aromatic nitrogens is 2. The molecule has 2 aromatic carbocycles. The van der Waals surface area contributed by atoms with Crippen molar-refractivity contribution < 1.29 is 23.8 Å². The second kappa shape index (κ2) is 9.27. The maximum absolute atomic E-state index is 14.6. The first kappa shape index (κ1) is 24.9. The third-order valence-corrected chi connectivity index (χ3v) is 8.58. The largest absolute Gasteiger partial charge is 0.330 e. The molecule has 1 fully saturated rings. The van der Waals surface area contributed by atoms with Crippen LogP contribution in [0.25, 0.3) is 10.9 Å². The summed E-state index contributed by atoms with van der Waals surface area (Å²) in [6.07, 6.45) is 3.18. The van der Waals surface area contributed by atoms with Crippen LogP contribution in [0.2, 0.25) is 0 Å². The lowest BCUT2D eigenvalue weighted by atomic mass is 10.0. The van der Waals surface area contributed by atoms with Crippen LogP contribution in [0.5, 0.6) is 0 Å². The summed E-state index contributed by atoms with van der Waals surface area (Å²) >= 11 is 1.17. The molecular weight excluding hydrogens is 517 g/mol. The SMILES string of the molecule is CC(C)(C(=O)N1CCN(c2ccc(S(=O)(=O)Nc3nccs3)cc2)C(=O)C1)n1ccc2cccc(F)c21.[HH]. The van der Waals surface area contributed by atoms with Gasteiger partial charge in [-0.1, -0.05) is 12.1 Å². The number of benzene rings is 2. The number of nitrogens with one attached hydrogen (secondary N) is 1. The van der Waals surface area contributed by atoms with Gasteiger partial charge in [0.25, 0.3) is 10.0 Å². The van der Waals surface area contributed by atoms with E-state index in [-0.39, 0.29) is 42.9 Å². The van der Waals surface area contributed by atoms with Crippen molar-refractivity contribution in [2.75, 3.05) is 29.3 Å². The number of nitrogens with zero attached hydrogens (tertiary/aromatic N) is 4. The van der Waals surface area contributed by atoms with Crippen molar-refractivity contribution in [1.82, 2.24) is 14.5 Å². The van der Waals surface area contributed by atoms with Crippen molar-refractivity contribution in [3.05, 3.63) is 72.1 Å². The Bertz CT molecular complexity index is 1590. The van der Waals surface area contributed by atoms with Crippen LogP contribution in [0.3, 0.4) is 0 Å². The van der Waals surface area contributed by atoms with Gasteiger partial charge < -0.3 is 14.4 Å². The molecule has 4 aromatic rings. The lowest BCUT2D eigenvalue weighted by molar-refractivity contribution is -0.143. The Morgan fingerprint density at radius 2 is 1.89 bits per heavy atom. The van der Waals surface area contributed by atoms with Gasteiger partial charge in [-0.3, -0.25) is 14.3 Å². The van der Waals surface area contributed by atoms with Crippen molar-refractivity contribution in [3.8, 4) is 0 Å². The third-order valence-electron chi connectivity index (χ3n) is 6.41. The average molecular weight is 544 g/mol. The van der Waals surface area contributed by atoms with E-state index in [4.69, 9.17) is 0 Å². The van der Waals surface area contributed by atoms with Gasteiger partial charge in [-0.25, -0.2) is 17.8 Å². The van der Waals surface area contributed by atoms with Crippen LogP contribution < -0.4 is 9.62 Å². The number of halogens is 1. The molecular formula is C25H26FN5O4S2. The van der Waals surface area contributed by atoms with Crippen LogP contribution in [0.15, 0.2) is 71.2 Å². The zero-order valence-corrected chi connectivity index (χ0v) is 21.7. The molecule has 1 saturated heterocycles. The quantitative estimate of drug-likeness (QED) is 0.397. The van der Waals surface area contributed by atoms with Gasteiger partial charge in [-0.15, -0.1) is 11.3 Å². The summed E-state index contributed by atoms with van der Waals surface area (Å²) in [7, 11) is -3.81. The smallest absolute Gasteiger partial charge is 0.263 e. The minimum absolute atomic E-state index is 0. The molecule has 3 heterocycles. The van der Waals surface area contributed by atoms with E-state index in [1.165, 1.54) is 45.5 Å². The molecule has 5 rings (SSSR count). The predicted molar refractivity (Wildman–Crippen MR) is 142 cm³/mol. The van der Waals surface area contributed by atoms with E-state index in [9.17, 15) is 22.4 Å². The van der Waals surface area contributed by atoms with Crippen LogP contribution in [0.1, 0.15) is 15.3 Å². The maximum Gasteiger partial charge on any atom is 0.263 e. The summed E-state index contributed by atoms with van der Waals surface area (Å²) in [5.74, 6) is -1.01. The molecule has 1 aliphatic heterocycles. The molecule has 0 aliphatic carbocycles. The number of carbonyl (C=O) groups is 2. The molecule has 2 amide bonds. The monoisotopic (exact) mass is 543 g/mol. The van der Waals surface area contributed by atoms with Crippen molar-refractivity contribution in [3.63, 3.8) is 0 Å². The number of anilines is 2. The number of fused-ring (bicyclic) bond motifs is 1. The molecule has 1 aliphatic rings. The Kier molecular flexibility index (Phi) is 6.24. The second-order valence-electron chi connectivity index (χ2n) is 9.13. The van der Waals surface area contributed by atoms with E-state index in [0.717, 1.165) is 0 Å². The first-order valence-corrected chi connectivity index (χ1v) is 13.8. The van der Waals surface area contributed by atoms with E-state index in [1.807, 2.05) is 0 Å². The normalized spacial score (nSPS) is 14.8. The highest BCUT2D eigenvalue weighted by molar-refractivity contribution is 7.93. The van der Waals surface area contributed by atoms with Gasteiger partial charge in [0.05, 0.1) is 10.4 Å². The Hall–Kier alpha value is -3.77. The molecule has 0 bridgehead atoms. The molecule has 0 unspecified atom stereocenters. The fraction of sp³-hybridized carbons (Fsp3) is 0.240. The molecule has 0 atom stereocenters. The molecule has 12 heteroatoms. The molecule has 9 nitrogen and oxygen atoms in total. The first-order valence-electron chi connectivity index (χ1n) is 11.5. The highest BCUT2D eigenvalue weighted by Crippen LogP contribution is 2.29. The lowest BCUT2D eigenvalue weighted by Gasteiger charge is -2.39. The molecule has 37 heavy (non-hydrogen) atoms. The van der Waals surface area contributed by atoms with E-state index < -0.39 is 21.4 Å². The minimum atomic E-state index is -3.81. The van der Waals surface area contributed by atoms with Gasteiger partial charge in [0.2, 0.25) is 11.8 Å². The van der Waals surface area contributed by atoms with E-state index >= 15 is 0 Å². The fourth-order valence-electron chi connectivity index (χ4n) is 4.48. The topological polar surface area (TPSA) is 105 Å². The number of thiazole rings is 1. The molecule has 1 N–H and O–H groups in total. The third kappa shape index (κ3) is 4.58. The van der Waals surface area contributed by atoms with E-state index in [0.29, 0.717) is 16.6 Å². The standard InChI is InChI=1S/C25H24FN5O4S2.H2/c1-25(2,31-12-10-17-4-3-5-20(26)22(17)31)23(33)29-13-14-30(21(32)16-29)18-6-8-19(9-7-18)37(34,35)28-24-27-11-15-36-24;/h3-12,15H,13-14,16H2,1-2H3,(H,27,28);1H. The number of hydrogen-bond acceptors (Lipinski definition) is 6. The predicted octanol–water partition coefficient (Wildman–Crippen LogP) is 3.89. The van der Waals surface area contributed by atoms with Gasteiger partial charge in [0, 0.05) is 43.4 Å². The number of amides is 2. The van der Waals surface area contributed by atoms with Crippen molar-refractivity contribution in [1.29, 1.82) is 0 Å².